The maximum absolute atomic E-state index is 12.7. The van der Waals surface area contributed by atoms with Crippen molar-refractivity contribution in [2.45, 2.75) is 26.8 Å². The number of nitro benzene ring substituents is 1. The van der Waals surface area contributed by atoms with Crippen molar-refractivity contribution in [3.05, 3.63) is 81.0 Å². The first-order chi connectivity index (χ1) is 15.8. The predicted molar refractivity (Wildman–Crippen MR) is 128 cm³/mol. The average Bonchev–Trinajstić information content (AvgIpc) is 2.79. The van der Waals surface area contributed by atoms with E-state index < -0.39 is 22.8 Å². The smallest absolute Gasteiger partial charge is 0.338 e. The standard InChI is InChI=1S/C23H24N4O5S/c1-4-26-14(3)19(22(29)32-5-2)20(25-23(26)33)15-6-10-17(11-7-15)24-21(28)16-8-12-18(13-9-16)27(30)31/h6-13,20H,4-5H2,1-3H3,(H,24,28)(H,25,33). The average molecular weight is 469 g/mol. The molecule has 0 saturated heterocycles. The van der Waals surface area contributed by atoms with Crippen molar-refractivity contribution in [1.82, 2.24) is 10.2 Å². The number of hydrogen-bond donors (Lipinski definition) is 2. The van der Waals surface area contributed by atoms with Crippen LogP contribution in [0.5, 0.6) is 0 Å². The number of benzene rings is 2. The Balaban J connectivity index is 1.82. The van der Waals surface area contributed by atoms with Gasteiger partial charge in [0.05, 0.1) is 23.1 Å². The first-order valence-electron chi connectivity index (χ1n) is 10.4. The Kier molecular flexibility index (Phi) is 7.39. The summed E-state index contributed by atoms with van der Waals surface area (Å²) in [7, 11) is 0. The van der Waals surface area contributed by atoms with Crippen molar-refractivity contribution in [3.8, 4) is 0 Å². The van der Waals surface area contributed by atoms with Gasteiger partial charge in [0.25, 0.3) is 11.6 Å². The molecule has 33 heavy (non-hydrogen) atoms. The number of allylic oxidation sites excluding steroid dienone is 1. The number of nitrogens with one attached hydrogen (secondary N) is 2. The Morgan fingerprint density at radius 3 is 2.33 bits per heavy atom. The number of non-ortho nitro benzene ring substituents is 1. The molecule has 1 aliphatic rings. The van der Waals surface area contributed by atoms with Gasteiger partial charge in [0.15, 0.2) is 5.11 Å². The third kappa shape index (κ3) is 5.17. The number of nitrogens with zero attached hydrogens (tertiary/aromatic N) is 2. The summed E-state index contributed by atoms with van der Waals surface area (Å²) in [5, 5.41) is 17.3. The van der Waals surface area contributed by atoms with E-state index in [1.807, 2.05) is 18.7 Å². The zero-order valence-corrected chi connectivity index (χ0v) is 19.3. The summed E-state index contributed by atoms with van der Waals surface area (Å²) < 4.78 is 5.27. The third-order valence-corrected chi connectivity index (χ3v) is 5.59. The largest absolute Gasteiger partial charge is 0.463 e. The van der Waals surface area contributed by atoms with Crippen LogP contribution in [0.15, 0.2) is 59.8 Å². The van der Waals surface area contributed by atoms with Gasteiger partial charge in [0.2, 0.25) is 0 Å². The quantitative estimate of drug-likeness (QED) is 0.272. The van der Waals surface area contributed by atoms with E-state index in [9.17, 15) is 19.7 Å². The Bertz CT molecular complexity index is 1110. The van der Waals surface area contributed by atoms with E-state index in [4.69, 9.17) is 17.0 Å². The lowest BCUT2D eigenvalue weighted by molar-refractivity contribution is -0.384. The number of carbonyl (C=O) groups is 2. The van der Waals surface area contributed by atoms with E-state index in [0.29, 0.717) is 28.5 Å². The van der Waals surface area contributed by atoms with Crippen molar-refractivity contribution in [3.63, 3.8) is 0 Å². The molecular formula is C23H24N4O5S. The van der Waals surface area contributed by atoms with Crippen molar-refractivity contribution >= 4 is 40.6 Å². The molecule has 1 aliphatic heterocycles. The molecule has 0 spiro atoms. The topological polar surface area (TPSA) is 114 Å². The van der Waals surface area contributed by atoms with Gasteiger partial charge < -0.3 is 20.3 Å². The zero-order valence-electron chi connectivity index (χ0n) is 18.5. The van der Waals surface area contributed by atoms with Gasteiger partial charge in [0, 0.05) is 35.6 Å². The Morgan fingerprint density at radius 2 is 1.79 bits per heavy atom. The third-order valence-electron chi connectivity index (χ3n) is 5.25. The highest BCUT2D eigenvalue weighted by Crippen LogP contribution is 2.32. The van der Waals surface area contributed by atoms with Gasteiger partial charge in [-0.05, 0) is 62.8 Å². The van der Waals surface area contributed by atoms with Gasteiger partial charge >= 0.3 is 5.97 Å². The lowest BCUT2D eigenvalue weighted by Gasteiger charge is -2.37. The van der Waals surface area contributed by atoms with Crippen LogP contribution < -0.4 is 10.6 Å². The molecule has 2 aromatic rings. The van der Waals surface area contributed by atoms with Crippen molar-refractivity contribution in [1.29, 1.82) is 0 Å². The second kappa shape index (κ2) is 10.2. The monoisotopic (exact) mass is 468 g/mol. The number of nitro groups is 1. The Labute approximate surface area is 196 Å². The molecule has 0 aliphatic carbocycles. The SMILES string of the molecule is CCOC(=O)C1=C(C)N(CC)C(=S)NC1c1ccc(NC(=O)c2ccc([N+](=O)[O-])cc2)cc1. The maximum Gasteiger partial charge on any atom is 0.338 e. The van der Waals surface area contributed by atoms with Gasteiger partial charge in [-0.3, -0.25) is 14.9 Å². The molecule has 1 amide bonds. The number of esters is 1. The summed E-state index contributed by atoms with van der Waals surface area (Å²) in [4.78, 5) is 37.3. The van der Waals surface area contributed by atoms with Crippen LogP contribution in [0, 0.1) is 10.1 Å². The molecule has 0 aromatic heterocycles. The van der Waals surface area contributed by atoms with E-state index >= 15 is 0 Å². The highest BCUT2D eigenvalue weighted by Gasteiger charge is 2.34. The van der Waals surface area contributed by atoms with E-state index in [1.54, 1.807) is 31.2 Å². The van der Waals surface area contributed by atoms with Crippen LogP contribution in [-0.4, -0.2) is 40.0 Å². The first-order valence-corrected chi connectivity index (χ1v) is 10.8. The molecule has 2 aromatic carbocycles. The van der Waals surface area contributed by atoms with Gasteiger partial charge in [-0.1, -0.05) is 12.1 Å². The fraction of sp³-hybridized carbons (Fsp3) is 0.261. The van der Waals surface area contributed by atoms with Crippen LogP contribution in [0.25, 0.3) is 0 Å². The number of anilines is 1. The summed E-state index contributed by atoms with van der Waals surface area (Å²) in [6.07, 6.45) is 0. The Hall–Kier alpha value is -3.79. The highest BCUT2D eigenvalue weighted by molar-refractivity contribution is 7.80. The summed E-state index contributed by atoms with van der Waals surface area (Å²) >= 11 is 5.48. The van der Waals surface area contributed by atoms with E-state index in [2.05, 4.69) is 10.6 Å². The minimum Gasteiger partial charge on any atom is -0.463 e. The van der Waals surface area contributed by atoms with Gasteiger partial charge in [-0.25, -0.2) is 4.79 Å². The van der Waals surface area contributed by atoms with Crippen molar-refractivity contribution < 1.29 is 19.2 Å². The van der Waals surface area contributed by atoms with Gasteiger partial charge in [0.1, 0.15) is 0 Å². The molecule has 0 radical (unpaired) electrons. The predicted octanol–water partition coefficient (Wildman–Crippen LogP) is 3.94. The van der Waals surface area contributed by atoms with Crippen LogP contribution in [0.1, 0.15) is 42.7 Å². The number of ether oxygens (including phenoxy) is 1. The van der Waals surface area contributed by atoms with Gasteiger partial charge in [-0.15, -0.1) is 0 Å². The molecule has 3 rings (SSSR count). The van der Waals surface area contributed by atoms with Crippen LogP contribution in [0.4, 0.5) is 11.4 Å². The van der Waals surface area contributed by atoms with E-state index in [1.165, 1.54) is 24.3 Å². The minimum absolute atomic E-state index is 0.0869. The van der Waals surface area contributed by atoms with Crippen LogP contribution in [0.3, 0.4) is 0 Å². The molecule has 1 unspecified atom stereocenters. The first kappa shape index (κ1) is 23.9. The number of carbonyl (C=O) groups excluding carboxylic acids is 2. The summed E-state index contributed by atoms with van der Waals surface area (Å²) in [5.41, 5.74) is 2.75. The second-order valence-corrected chi connectivity index (χ2v) is 7.61. The lowest BCUT2D eigenvalue weighted by atomic mass is 9.95. The number of amides is 1. The van der Waals surface area contributed by atoms with E-state index in [0.717, 1.165) is 11.3 Å². The summed E-state index contributed by atoms with van der Waals surface area (Å²) in [5.74, 6) is -0.805. The molecule has 0 fully saturated rings. The molecule has 0 saturated carbocycles. The molecule has 2 N–H and O–H groups in total. The number of rotatable bonds is 7. The second-order valence-electron chi connectivity index (χ2n) is 7.23. The van der Waals surface area contributed by atoms with Crippen LogP contribution >= 0.6 is 12.2 Å². The Morgan fingerprint density at radius 1 is 1.15 bits per heavy atom. The molecule has 0 bridgehead atoms. The van der Waals surface area contributed by atoms with Crippen LogP contribution in [-0.2, 0) is 9.53 Å². The molecule has 1 heterocycles. The van der Waals surface area contributed by atoms with Crippen molar-refractivity contribution in [2.75, 3.05) is 18.5 Å². The summed E-state index contributed by atoms with van der Waals surface area (Å²) in [6, 6.07) is 11.9. The molecule has 10 heteroatoms. The zero-order chi connectivity index (χ0) is 24.1. The van der Waals surface area contributed by atoms with Gasteiger partial charge in [-0.2, -0.15) is 0 Å². The fourth-order valence-corrected chi connectivity index (χ4v) is 3.97. The number of thiocarbonyl (C=S) groups is 1. The van der Waals surface area contributed by atoms with Crippen molar-refractivity contribution in [2.24, 2.45) is 0 Å². The molecule has 9 nitrogen and oxygen atoms in total. The molecule has 1 atom stereocenters. The van der Waals surface area contributed by atoms with E-state index in [-0.39, 0.29) is 12.3 Å². The molecule has 172 valence electrons. The van der Waals surface area contributed by atoms with Crippen LogP contribution in [0.2, 0.25) is 0 Å². The highest BCUT2D eigenvalue weighted by atomic mass is 32.1. The molecular weight excluding hydrogens is 444 g/mol. The number of hydrogen-bond acceptors (Lipinski definition) is 6. The lowest BCUT2D eigenvalue weighted by Crippen LogP contribution is -2.47. The fourth-order valence-electron chi connectivity index (χ4n) is 3.58. The normalized spacial score (nSPS) is 15.7. The maximum atomic E-state index is 12.7. The minimum atomic E-state index is -0.522. The summed E-state index contributed by atoms with van der Waals surface area (Å²) in [6.45, 7) is 6.41.